The second-order valence-corrected chi connectivity index (χ2v) is 7.32. The highest BCUT2D eigenvalue weighted by Gasteiger charge is 2.38. The molecule has 1 amide bonds. The summed E-state index contributed by atoms with van der Waals surface area (Å²) in [6.07, 6.45) is 1.41. The monoisotopic (exact) mass is 339 g/mol. The van der Waals surface area contributed by atoms with Crippen molar-refractivity contribution in [1.82, 2.24) is 5.32 Å². The third kappa shape index (κ3) is 2.65. The van der Waals surface area contributed by atoms with Gasteiger partial charge in [-0.2, -0.15) is 0 Å². The zero-order valence-electron chi connectivity index (χ0n) is 13.0. The Kier molecular flexibility index (Phi) is 3.73. The van der Waals surface area contributed by atoms with Crippen molar-refractivity contribution in [1.29, 1.82) is 0 Å². The minimum absolute atomic E-state index is 0.0678. The molecule has 2 atom stereocenters. The van der Waals surface area contributed by atoms with Crippen LogP contribution >= 0.6 is 11.3 Å². The van der Waals surface area contributed by atoms with Crippen LogP contribution in [0.25, 0.3) is 0 Å². The van der Waals surface area contributed by atoms with Crippen LogP contribution in [-0.4, -0.2) is 16.8 Å². The number of allylic oxidation sites excluding steroid dienone is 2. The second kappa shape index (κ2) is 5.91. The maximum Gasteiger partial charge on any atom is 0.225 e. The molecule has 1 aromatic heterocycles. The van der Waals surface area contributed by atoms with Gasteiger partial charge in [-0.1, -0.05) is 18.2 Å². The van der Waals surface area contributed by atoms with Crippen LogP contribution in [0.1, 0.15) is 41.5 Å². The van der Waals surface area contributed by atoms with E-state index in [9.17, 15) is 14.7 Å². The van der Waals surface area contributed by atoms with Crippen molar-refractivity contribution in [3.8, 4) is 5.75 Å². The molecule has 4 rings (SSSR count). The minimum Gasteiger partial charge on any atom is -0.508 e. The topological polar surface area (TPSA) is 66.4 Å². The van der Waals surface area contributed by atoms with Crippen LogP contribution in [0.4, 0.5) is 0 Å². The lowest BCUT2D eigenvalue weighted by Gasteiger charge is -2.34. The molecule has 0 spiro atoms. The fraction of sp³-hybridized carbons (Fsp3) is 0.263. The minimum atomic E-state index is -0.266. The van der Waals surface area contributed by atoms with Crippen LogP contribution in [0.3, 0.4) is 0 Å². The molecule has 0 saturated carbocycles. The maximum atomic E-state index is 12.8. The summed E-state index contributed by atoms with van der Waals surface area (Å²) in [6, 6.07) is 10.9. The van der Waals surface area contributed by atoms with Gasteiger partial charge in [0, 0.05) is 40.8 Å². The number of rotatable bonds is 2. The number of thiophene rings is 1. The van der Waals surface area contributed by atoms with Crippen LogP contribution < -0.4 is 5.32 Å². The summed E-state index contributed by atoms with van der Waals surface area (Å²) in [5, 5.41) is 14.7. The van der Waals surface area contributed by atoms with E-state index in [1.165, 1.54) is 4.88 Å². The summed E-state index contributed by atoms with van der Waals surface area (Å²) in [6.45, 7) is 0. The van der Waals surface area contributed by atoms with Crippen LogP contribution in [0, 0.1) is 0 Å². The van der Waals surface area contributed by atoms with Crippen molar-refractivity contribution in [2.24, 2.45) is 0 Å². The number of benzene rings is 1. The van der Waals surface area contributed by atoms with Crippen molar-refractivity contribution in [2.45, 2.75) is 31.1 Å². The van der Waals surface area contributed by atoms with E-state index in [1.54, 1.807) is 29.5 Å². The van der Waals surface area contributed by atoms with Crippen molar-refractivity contribution in [3.63, 3.8) is 0 Å². The lowest BCUT2D eigenvalue weighted by atomic mass is 9.75. The molecule has 2 heterocycles. The zero-order chi connectivity index (χ0) is 16.7. The Morgan fingerprint density at radius 1 is 1.08 bits per heavy atom. The first kappa shape index (κ1) is 15.1. The van der Waals surface area contributed by atoms with Gasteiger partial charge < -0.3 is 10.4 Å². The number of Topliss-reactive ketones (excluding diaryl/α,β-unsaturated/α-hetero) is 1. The molecule has 5 heteroatoms. The van der Waals surface area contributed by atoms with E-state index in [2.05, 4.69) is 5.32 Å². The Hall–Kier alpha value is -2.40. The number of carbonyl (C=O) groups is 2. The molecule has 0 radical (unpaired) electrons. The van der Waals surface area contributed by atoms with Crippen LogP contribution in [0.5, 0.6) is 5.75 Å². The summed E-state index contributed by atoms with van der Waals surface area (Å²) >= 11 is 1.65. The summed E-state index contributed by atoms with van der Waals surface area (Å²) in [4.78, 5) is 26.2. The number of amides is 1. The fourth-order valence-electron chi connectivity index (χ4n) is 3.71. The van der Waals surface area contributed by atoms with E-state index in [1.807, 2.05) is 23.6 Å². The molecule has 0 bridgehead atoms. The molecule has 0 unspecified atom stereocenters. The fourth-order valence-corrected chi connectivity index (χ4v) is 4.54. The summed E-state index contributed by atoms with van der Waals surface area (Å²) in [7, 11) is 0. The highest BCUT2D eigenvalue weighted by Crippen LogP contribution is 2.43. The average Bonchev–Trinajstić information content (AvgIpc) is 3.08. The van der Waals surface area contributed by atoms with Crippen LogP contribution in [0.15, 0.2) is 53.0 Å². The lowest BCUT2D eigenvalue weighted by Crippen LogP contribution is -2.38. The molecule has 0 saturated heterocycles. The number of ketones is 1. The number of carbonyl (C=O) groups excluding carboxylic acids is 2. The highest BCUT2D eigenvalue weighted by molar-refractivity contribution is 7.10. The predicted molar refractivity (Wildman–Crippen MR) is 91.9 cm³/mol. The van der Waals surface area contributed by atoms with Crippen molar-refractivity contribution >= 4 is 23.0 Å². The number of nitrogens with one attached hydrogen (secondary N) is 1. The predicted octanol–water partition coefficient (Wildman–Crippen LogP) is 3.46. The molecule has 122 valence electrons. The van der Waals surface area contributed by atoms with Crippen molar-refractivity contribution in [2.75, 3.05) is 0 Å². The van der Waals surface area contributed by atoms with Gasteiger partial charge in [0.2, 0.25) is 5.91 Å². The van der Waals surface area contributed by atoms with Gasteiger partial charge in [-0.05, 0) is 35.6 Å². The van der Waals surface area contributed by atoms with Gasteiger partial charge in [0.05, 0.1) is 0 Å². The lowest BCUT2D eigenvalue weighted by molar-refractivity contribution is -0.122. The summed E-state index contributed by atoms with van der Waals surface area (Å²) in [5.74, 6) is 0.0576. The van der Waals surface area contributed by atoms with E-state index in [0.29, 0.717) is 18.4 Å². The largest absolute Gasteiger partial charge is 0.508 e. The van der Waals surface area contributed by atoms with Gasteiger partial charge in [0.25, 0.3) is 0 Å². The Morgan fingerprint density at radius 3 is 2.71 bits per heavy atom. The number of phenols is 1. The second-order valence-electron chi connectivity index (χ2n) is 6.34. The Balaban J connectivity index is 1.74. The van der Waals surface area contributed by atoms with Crippen LogP contribution in [0.2, 0.25) is 0 Å². The Labute approximate surface area is 143 Å². The molecule has 4 nitrogen and oxygen atoms in total. The van der Waals surface area contributed by atoms with E-state index in [0.717, 1.165) is 11.3 Å². The maximum absolute atomic E-state index is 12.8. The first-order valence-corrected chi connectivity index (χ1v) is 8.88. The SMILES string of the molecule is O=C1C[C@@H](c2cccc(O)c2)C2=C(C[C@H](c3cccs3)CC2=O)N1. The first-order chi connectivity index (χ1) is 11.6. The van der Waals surface area contributed by atoms with E-state index < -0.39 is 0 Å². The summed E-state index contributed by atoms with van der Waals surface area (Å²) < 4.78 is 0. The van der Waals surface area contributed by atoms with Gasteiger partial charge >= 0.3 is 0 Å². The molecule has 1 aliphatic heterocycles. The first-order valence-electron chi connectivity index (χ1n) is 8.00. The number of aromatic hydroxyl groups is 1. The number of hydrogen-bond donors (Lipinski definition) is 2. The molecule has 0 fully saturated rings. The molecule has 2 N–H and O–H groups in total. The Morgan fingerprint density at radius 2 is 1.96 bits per heavy atom. The number of phenolic OH excluding ortho intramolecular Hbond substituents is 1. The third-order valence-corrected chi connectivity index (χ3v) is 5.79. The molecule has 2 aliphatic rings. The quantitative estimate of drug-likeness (QED) is 0.880. The van der Waals surface area contributed by atoms with Crippen molar-refractivity contribution in [3.05, 3.63) is 63.5 Å². The Bertz CT molecular complexity index is 838. The van der Waals surface area contributed by atoms with Crippen molar-refractivity contribution < 1.29 is 14.7 Å². The molecular weight excluding hydrogens is 322 g/mol. The van der Waals surface area contributed by atoms with Gasteiger partial charge in [-0.25, -0.2) is 0 Å². The molecule has 2 aromatic rings. The van der Waals surface area contributed by atoms with E-state index >= 15 is 0 Å². The highest BCUT2D eigenvalue weighted by atomic mass is 32.1. The van der Waals surface area contributed by atoms with Gasteiger partial charge in [-0.3, -0.25) is 9.59 Å². The molecule has 1 aromatic carbocycles. The molecule has 24 heavy (non-hydrogen) atoms. The van der Waals surface area contributed by atoms with E-state index in [-0.39, 0.29) is 35.7 Å². The van der Waals surface area contributed by atoms with E-state index in [4.69, 9.17) is 0 Å². The summed E-state index contributed by atoms with van der Waals surface area (Å²) in [5.41, 5.74) is 2.29. The molecule has 1 aliphatic carbocycles. The zero-order valence-corrected chi connectivity index (χ0v) is 13.8. The number of hydrogen-bond acceptors (Lipinski definition) is 4. The standard InChI is InChI=1S/C19H17NO3S/c21-13-4-1-3-11(7-13)14-10-18(23)20-15-8-12(9-16(22)19(14)15)17-5-2-6-24-17/h1-7,12,14,21H,8-10H2,(H,20,23)/t12-,14-/m0/s1. The average molecular weight is 339 g/mol. The van der Waals surface area contributed by atoms with Gasteiger partial charge in [-0.15, -0.1) is 11.3 Å². The van der Waals surface area contributed by atoms with Gasteiger partial charge in [0.15, 0.2) is 5.78 Å². The van der Waals surface area contributed by atoms with Gasteiger partial charge in [0.1, 0.15) is 5.75 Å². The third-order valence-electron chi connectivity index (χ3n) is 4.75. The van der Waals surface area contributed by atoms with Crippen LogP contribution in [-0.2, 0) is 9.59 Å². The smallest absolute Gasteiger partial charge is 0.225 e. The normalized spacial score (nSPS) is 23.8. The molecular formula is C19H17NO3S.